The zero-order valence-corrected chi connectivity index (χ0v) is 38.6. The quantitative estimate of drug-likeness (QED) is 0.118. The molecule has 4 aliphatic rings. The van der Waals surface area contributed by atoms with Gasteiger partial charge in [-0.3, -0.25) is 14.4 Å². The van der Waals surface area contributed by atoms with Crippen molar-refractivity contribution in [3.8, 4) is 16.9 Å². The number of aliphatic hydroxyl groups is 2. The Balaban J connectivity index is 1.32. The Labute approximate surface area is 368 Å². The lowest BCUT2D eigenvalue weighted by molar-refractivity contribution is -0.183. The van der Waals surface area contributed by atoms with Crippen LogP contribution in [-0.2, 0) is 32.6 Å². The van der Waals surface area contributed by atoms with Crippen LogP contribution in [0.1, 0.15) is 62.0 Å². The molecule has 4 fully saturated rings. The van der Waals surface area contributed by atoms with E-state index in [2.05, 4.69) is 36.1 Å². The Morgan fingerprint density at radius 3 is 2.39 bits per heavy atom. The molecule has 3 aromatic carbocycles. The minimum atomic E-state index is -3.41. The van der Waals surface area contributed by atoms with Gasteiger partial charge >= 0.3 is 0 Å². The van der Waals surface area contributed by atoms with Gasteiger partial charge in [-0.2, -0.15) is 5.06 Å². The largest absolute Gasteiger partial charge is 0.496 e. The van der Waals surface area contributed by atoms with E-state index in [9.17, 15) is 28.2 Å². The second-order valence-electron chi connectivity index (χ2n) is 18.7. The number of methoxy groups -OCH3 is 1. The Hall–Kier alpha value is -4.09. The zero-order valence-electron chi connectivity index (χ0n) is 37.8. The lowest BCUT2D eigenvalue weighted by atomic mass is 9.45. The lowest BCUT2D eigenvalue weighted by Gasteiger charge is -2.62. The number of amides is 2. The van der Waals surface area contributed by atoms with Gasteiger partial charge in [-0.1, -0.05) is 69.3 Å². The fourth-order valence-corrected chi connectivity index (χ4v) is 10.7. The van der Waals surface area contributed by atoms with E-state index in [1.807, 2.05) is 91.6 Å². The van der Waals surface area contributed by atoms with Gasteiger partial charge in [0.25, 0.3) is 5.91 Å². The van der Waals surface area contributed by atoms with Crippen molar-refractivity contribution in [3.63, 3.8) is 0 Å². The van der Waals surface area contributed by atoms with E-state index in [1.54, 1.807) is 25.2 Å². The number of hydrogen-bond donors (Lipinski definition) is 5. The third kappa shape index (κ3) is 10.8. The molecule has 0 radical (unpaired) electrons. The van der Waals surface area contributed by atoms with E-state index in [1.165, 1.54) is 6.42 Å². The molecular weight excluding hydrogens is 809 g/mol. The van der Waals surface area contributed by atoms with Crippen LogP contribution >= 0.6 is 0 Å². The van der Waals surface area contributed by atoms with Gasteiger partial charge < -0.3 is 35.4 Å². The van der Waals surface area contributed by atoms with Gasteiger partial charge in [0.05, 0.1) is 32.6 Å². The number of ether oxygens (including phenoxy) is 1. The van der Waals surface area contributed by atoms with Crippen molar-refractivity contribution < 1.29 is 37.8 Å². The Kier molecular flexibility index (Phi) is 15.1. The molecule has 2 bridgehead atoms. The molecule has 3 aromatic rings. The molecule has 1 unspecified atom stereocenters. The summed E-state index contributed by atoms with van der Waals surface area (Å²) in [5, 5.41) is 29.7. The molecule has 1 aliphatic heterocycles. The lowest BCUT2D eigenvalue weighted by Crippen LogP contribution is -2.62. The highest BCUT2D eigenvalue weighted by Gasteiger charge is 2.57. The van der Waals surface area contributed by atoms with Crippen LogP contribution in [0.3, 0.4) is 0 Å². The number of fused-ring (bicyclic) bond motifs is 2. The van der Waals surface area contributed by atoms with E-state index >= 15 is 0 Å². The summed E-state index contributed by atoms with van der Waals surface area (Å²) in [5.41, 5.74) is 4.50. The average Bonchev–Trinajstić information content (AvgIpc) is 3.59. The number of carbonyl (C=O) groups excluding carboxylic acids is 2. The molecule has 5 N–H and O–H groups in total. The van der Waals surface area contributed by atoms with Crippen molar-refractivity contribution in [3.05, 3.63) is 83.4 Å². The highest BCUT2D eigenvalue weighted by Crippen LogP contribution is 2.61. The summed E-state index contributed by atoms with van der Waals surface area (Å²) >= 11 is 0. The number of aliphatic hydroxyl groups excluding tert-OH is 2. The smallest absolute Gasteiger partial charge is 0.251 e. The second kappa shape index (κ2) is 19.7. The van der Waals surface area contributed by atoms with Crippen LogP contribution in [0.25, 0.3) is 11.1 Å². The summed E-state index contributed by atoms with van der Waals surface area (Å²) in [6.45, 7) is 9.32. The topological polar surface area (TPSA) is 173 Å². The molecule has 3 saturated carbocycles. The molecule has 7 rings (SSSR count). The van der Waals surface area contributed by atoms with Crippen LogP contribution in [0.5, 0.6) is 5.75 Å². The average molecular weight is 877 g/mol. The third-order valence-electron chi connectivity index (χ3n) is 13.7. The molecule has 2 amide bonds. The number of anilines is 1. The minimum absolute atomic E-state index is 0.00252. The molecule has 9 atom stereocenters. The minimum Gasteiger partial charge on any atom is -0.496 e. The first-order valence-electron chi connectivity index (χ1n) is 21.8. The van der Waals surface area contributed by atoms with E-state index in [0.717, 1.165) is 18.2 Å². The van der Waals surface area contributed by atoms with Crippen molar-refractivity contribution in [1.82, 2.24) is 25.3 Å². The molecule has 0 aromatic heterocycles. The number of nitrogens with zero attached hydrogens (tertiary/aromatic N) is 3. The number of para-hydroxylation sites is 1. The predicted molar refractivity (Wildman–Crippen MR) is 242 cm³/mol. The number of rotatable bonds is 19. The number of nitrogens with one attached hydrogen (secondary N) is 3. The van der Waals surface area contributed by atoms with Crippen LogP contribution in [0.2, 0.25) is 0 Å². The summed E-state index contributed by atoms with van der Waals surface area (Å²) < 4.78 is 32.5. The monoisotopic (exact) mass is 876 g/mol. The molecule has 3 aliphatic carbocycles. The third-order valence-corrected chi connectivity index (χ3v) is 14.4. The molecule has 62 heavy (non-hydrogen) atoms. The standard InChI is InChI=1S/C47H68N6O8S/c1-29-39-24-35(47(39,3)4)25-40(29)50-46(57)43-42(30(2)55)41(28-54)61-53(43)26-32-16-13-17-38(44(32)60-8)33-21-34(23-37(22-33)52(7)19-18-48-62(9,58)59)45(56)49-36(27-51(5)6)20-31-14-11-10-12-15-31/h10-17,21-23,29-30,35-36,39-43,48,54-55H,18-20,24-28H2,1-9H3,(H,49,56)(H,50,57)/t29-,30-,35-,36-,39?,40-,41-,42+,43-/m0/s1. The number of likely N-dealkylation sites (N-methyl/N-ethyl adjacent to an activating group) is 2. The Morgan fingerprint density at radius 1 is 1.05 bits per heavy atom. The fourth-order valence-electron chi connectivity index (χ4n) is 10.2. The van der Waals surface area contributed by atoms with E-state index in [0.29, 0.717) is 71.0 Å². The summed E-state index contributed by atoms with van der Waals surface area (Å²) in [5.74, 6) is 0.662. The number of carbonyl (C=O) groups is 2. The van der Waals surface area contributed by atoms with Crippen LogP contribution in [-0.4, -0.2) is 131 Å². The number of sulfonamides is 1. The first-order valence-corrected chi connectivity index (χ1v) is 23.7. The second-order valence-corrected chi connectivity index (χ2v) is 20.5. The molecule has 1 saturated heterocycles. The van der Waals surface area contributed by atoms with Crippen molar-refractivity contribution >= 4 is 27.5 Å². The maximum absolute atomic E-state index is 14.4. The van der Waals surface area contributed by atoms with E-state index < -0.39 is 34.2 Å². The Morgan fingerprint density at radius 2 is 1.77 bits per heavy atom. The molecule has 15 heteroatoms. The molecule has 1 heterocycles. The normalized spacial score (nSPS) is 25.5. The van der Waals surface area contributed by atoms with Crippen molar-refractivity contribution in [2.24, 2.45) is 29.1 Å². The van der Waals surface area contributed by atoms with Gasteiger partial charge in [-0.25, -0.2) is 13.1 Å². The molecule has 340 valence electrons. The van der Waals surface area contributed by atoms with E-state index in [-0.39, 0.29) is 49.0 Å². The van der Waals surface area contributed by atoms with Crippen molar-refractivity contribution in [2.75, 3.05) is 65.6 Å². The summed E-state index contributed by atoms with van der Waals surface area (Å²) in [7, 11) is 3.93. The zero-order chi connectivity index (χ0) is 45.1. The highest BCUT2D eigenvalue weighted by atomic mass is 32.2. The fraction of sp³-hybridized carbons (Fsp3) is 0.574. The van der Waals surface area contributed by atoms with E-state index in [4.69, 9.17) is 9.57 Å². The van der Waals surface area contributed by atoms with Crippen LogP contribution in [0.15, 0.2) is 66.7 Å². The van der Waals surface area contributed by atoms with Gasteiger partial charge in [0, 0.05) is 67.1 Å². The molecular formula is C47H68N6O8S. The van der Waals surface area contributed by atoms with Crippen LogP contribution < -0.4 is 25.0 Å². The van der Waals surface area contributed by atoms with Gasteiger partial charge in [0.1, 0.15) is 17.9 Å². The Bertz CT molecular complexity index is 2140. The van der Waals surface area contributed by atoms with Crippen molar-refractivity contribution in [2.45, 2.75) is 83.8 Å². The predicted octanol–water partition coefficient (Wildman–Crippen LogP) is 3.91. The maximum Gasteiger partial charge on any atom is 0.251 e. The number of hydrogen-bond acceptors (Lipinski definition) is 11. The highest BCUT2D eigenvalue weighted by molar-refractivity contribution is 7.88. The summed E-state index contributed by atoms with van der Waals surface area (Å²) in [6.07, 6.45) is 2.07. The summed E-state index contributed by atoms with van der Waals surface area (Å²) in [4.78, 5) is 38.9. The van der Waals surface area contributed by atoms with Gasteiger partial charge in [0.2, 0.25) is 15.9 Å². The maximum atomic E-state index is 14.4. The molecule has 0 spiro atoms. The SMILES string of the molecule is COc1c(CN2O[C@@H](CO)[C@@H]([C@H](C)O)[C@H]2C(=O)N[C@H]2C[C@@H]3CC([C@@H]2C)C3(C)C)cccc1-c1cc(C(=O)N[C@@H](Cc2ccccc2)CN(C)C)cc(N(C)CCNS(C)(=O)=O)c1. The van der Waals surface area contributed by atoms with Crippen LogP contribution in [0.4, 0.5) is 5.69 Å². The van der Waals surface area contributed by atoms with Gasteiger partial charge in [0.15, 0.2) is 0 Å². The number of hydroxylamine groups is 2. The number of benzene rings is 3. The van der Waals surface area contributed by atoms with Gasteiger partial charge in [-0.15, -0.1) is 0 Å². The van der Waals surface area contributed by atoms with Crippen LogP contribution in [0, 0.1) is 29.1 Å². The molecule has 14 nitrogen and oxygen atoms in total. The first-order chi connectivity index (χ1) is 29.3. The van der Waals surface area contributed by atoms with Gasteiger partial charge in [-0.05, 0) is 92.8 Å². The van der Waals surface area contributed by atoms with Crippen molar-refractivity contribution in [1.29, 1.82) is 0 Å². The first kappa shape index (κ1) is 47.4. The summed E-state index contributed by atoms with van der Waals surface area (Å²) in [6, 6.07) is 20.2.